The Morgan fingerprint density at radius 2 is 2.07 bits per heavy atom. The second-order valence-corrected chi connectivity index (χ2v) is 4.60. The highest BCUT2D eigenvalue weighted by molar-refractivity contribution is 7.89. The Hall–Kier alpha value is -1.11. The summed E-state index contributed by atoms with van der Waals surface area (Å²) < 4.78 is 27.3. The molecule has 1 rings (SSSR count). The molecule has 0 amide bonds. The fourth-order valence-corrected chi connectivity index (χ4v) is 1.95. The lowest BCUT2D eigenvalue weighted by molar-refractivity contribution is 0.402. The maximum Gasteiger partial charge on any atom is 0.241 e. The Labute approximate surface area is 89.1 Å². The first-order chi connectivity index (χ1) is 6.99. The number of methoxy groups -OCH3 is 1. The number of hydrogen-bond acceptors (Lipinski definition) is 4. The lowest BCUT2D eigenvalue weighted by atomic mass is 10.1. The summed E-state index contributed by atoms with van der Waals surface area (Å²) in [5.74, 6) is 0.253. The highest BCUT2D eigenvalue weighted by Gasteiger charge is 2.14. The largest absolute Gasteiger partial charge is 0.495 e. The van der Waals surface area contributed by atoms with E-state index in [2.05, 4.69) is 0 Å². The molecule has 6 heteroatoms. The summed E-state index contributed by atoms with van der Waals surface area (Å²) in [5, 5.41) is 5.02. The maximum absolute atomic E-state index is 11.2. The van der Waals surface area contributed by atoms with Crippen molar-refractivity contribution in [3.05, 3.63) is 23.8 Å². The van der Waals surface area contributed by atoms with Gasteiger partial charge in [-0.2, -0.15) is 0 Å². The molecule has 0 unspecified atom stereocenters. The monoisotopic (exact) mass is 230 g/mol. The van der Waals surface area contributed by atoms with Gasteiger partial charge in [-0.05, 0) is 30.7 Å². The molecule has 0 aliphatic rings. The molecule has 0 bridgehead atoms. The number of hydrogen-bond donors (Lipinski definition) is 2. The Morgan fingerprint density at radius 1 is 1.40 bits per heavy atom. The SMILES string of the molecule is COc1cc(CCN)ccc1S(N)(=O)=O. The number of ether oxygens (including phenoxy) is 1. The fraction of sp³-hybridized carbons (Fsp3) is 0.333. The summed E-state index contributed by atoms with van der Waals surface area (Å²) >= 11 is 0. The highest BCUT2D eigenvalue weighted by atomic mass is 32.2. The molecule has 4 N–H and O–H groups in total. The number of benzene rings is 1. The Balaban J connectivity index is 3.21. The van der Waals surface area contributed by atoms with E-state index in [1.54, 1.807) is 12.1 Å². The van der Waals surface area contributed by atoms with Crippen LogP contribution in [0.5, 0.6) is 5.75 Å². The molecule has 0 aliphatic heterocycles. The lowest BCUT2D eigenvalue weighted by Gasteiger charge is -2.08. The standard InChI is InChI=1S/C9H14N2O3S/c1-14-8-6-7(4-5-10)2-3-9(8)15(11,12)13/h2-3,6H,4-5,10H2,1H3,(H2,11,12,13). The normalized spacial score (nSPS) is 11.4. The van der Waals surface area contributed by atoms with E-state index in [9.17, 15) is 8.42 Å². The van der Waals surface area contributed by atoms with Crippen LogP contribution >= 0.6 is 0 Å². The van der Waals surface area contributed by atoms with Crippen LogP contribution in [0.1, 0.15) is 5.56 Å². The Morgan fingerprint density at radius 3 is 2.53 bits per heavy atom. The van der Waals surface area contributed by atoms with Crippen molar-refractivity contribution in [3.8, 4) is 5.75 Å². The maximum atomic E-state index is 11.2. The van der Waals surface area contributed by atoms with E-state index in [0.29, 0.717) is 13.0 Å². The Bertz CT molecular complexity index is 443. The van der Waals surface area contributed by atoms with Crippen LogP contribution in [0.2, 0.25) is 0 Å². The van der Waals surface area contributed by atoms with Gasteiger partial charge in [-0.3, -0.25) is 0 Å². The molecule has 1 aromatic rings. The molecule has 15 heavy (non-hydrogen) atoms. The molecule has 5 nitrogen and oxygen atoms in total. The predicted octanol–water partition coefficient (Wildman–Crippen LogP) is -0.156. The molecular weight excluding hydrogens is 216 g/mol. The zero-order valence-electron chi connectivity index (χ0n) is 8.43. The van der Waals surface area contributed by atoms with Crippen LogP contribution in [0.25, 0.3) is 0 Å². The number of nitrogens with two attached hydrogens (primary N) is 2. The van der Waals surface area contributed by atoms with E-state index in [0.717, 1.165) is 5.56 Å². The highest BCUT2D eigenvalue weighted by Crippen LogP contribution is 2.23. The van der Waals surface area contributed by atoms with E-state index < -0.39 is 10.0 Å². The van der Waals surface area contributed by atoms with Crippen LogP contribution in [0, 0.1) is 0 Å². The van der Waals surface area contributed by atoms with Gasteiger partial charge in [0.1, 0.15) is 10.6 Å². The quantitative estimate of drug-likeness (QED) is 0.751. The molecule has 84 valence electrons. The van der Waals surface area contributed by atoms with Crippen molar-refractivity contribution in [2.75, 3.05) is 13.7 Å². The van der Waals surface area contributed by atoms with Crippen molar-refractivity contribution >= 4 is 10.0 Å². The first-order valence-electron chi connectivity index (χ1n) is 4.39. The van der Waals surface area contributed by atoms with Crippen molar-refractivity contribution in [1.82, 2.24) is 0 Å². The first-order valence-corrected chi connectivity index (χ1v) is 5.93. The third-order valence-corrected chi connectivity index (χ3v) is 2.92. The summed E-state index contributed by atoms with van der Waals surface area (Å²) in [6.07, 6.45) is 0.668. The van der Waals surface area contributed by atoms with E-state index in [1.807, 2.05) is 0 Å². The molecule has 0 fully saturated rings. The van der Waals surface area contributed by atoms with Crippen molar-refractivity contribution < 1.29 is 13.2 Å². The van der Waals surface area contributed by atoms with Crippen LogP contribution in [0.4, 0.5) is 0 Å². The van der Waals surface area contributed by atoms with E-state index in [-0.39, 0.29) is 10.6 Å². The van der Waals surface area contributed by atoms with Gasteiger partial charge in [0, 0.05) is 0 Å². The van der Waals surface area contributed by atoms with E-state index >= 15 is 0 Å². The minimum absolute atomic E-state index is 0.00854. The second-order valence-electron chi connectivity index (χ2n) is 3.07. The minimum Gasteiger partial charge on any atom is -0.495 e. The van der Waals surface area contributed by atoms with Gasteiger partial charge in [-0.25, -0.2) is 13.6 Å². The number of primary sulfonamides is 1. The van der Waals surface area contributed by atoms with Gasteiger partial charge in [0.05, 0.1) is 7.11 Å². The van der Waals surface area contributed by atoms with Crippen LogP contribution in [-0.2, 0) is 16.4 Å². The van der Waals surface area contributed by atoms with Crippen molar-refractivity contribution in [2.45, 2.75) is 11.3 Å². The fourth-order valence-electron chi connectivity index (χ4n) is 1.27. The summed E-state index contributed by atoms with van der Waals surface area (Å²) in [5.41, 5.74) is 6.31. The van der Waals surface area contributed by atoms with E-state index in [1.165, 1.54) is 13.2 Å². The second kappa shape index (κ2) is 4.61. The molecule has 1 aromatic carbocycles. The summed E-state index contributed by atoms with van der Waals surface area (Å²) in [6.45, 7) is 0.498. The first kappa shape index (κ1) is 12.0. The van der Waals surface area contributed by atoms with Gasteiger partial charge in [-0.15, -0.1) is 0 Å². The molecule has 0 radical (unpaired) electrons. The lowest BCUT2D eigenvalue weighted by Crippen LogP contribution is -2.14. The van der Waals surface area contributed by atoms with Gasteiger partial charge in [0.25, 0.3) is 0 Å². The van der Waals surface area contributed by atoms with Gasteiger partial charge in [0.2, 0.25) is 10.0 Å². The smallest absolute Gasteiger partial charge is 0.241 e. The summed E-state index contributed by atoms with van der Waals surface area (Å²) in [4.78, 5) is -0.00854. The Kier molecular flexibility index (Phi) is 3.67. The van der Waals surface area contributed by atoms with Crippen LogP contribution in [-0.4, -0.2) is 22.1 Å². The topological polar surface area (TPSA) is 95.4 Å². The third-order valence-electron chi connectivity index (χ3n) is 1.97. The van der Waals surface area contributed by atoms with Gasteiger partial charge in [0.15, 0.2) is 0 Å². The summed E-state index contributed by atoms with van der Waals surface area (Å²) in [6, 6.07) is 4.74. The van der Waals surface area contributed by atoms with Crippen LogP contribution in [0.15, 0.2) is 23.1 Å². The number of sulfonamides is 1. The molecule has 0 aromatic heterocycles. The molecule has 0 spiro atoms. The molecule has 0 saturated carbocycles. The zero-order chi connectivity index (χ0) is 11.5. The average molecular weight is 230 g/mol. The molecule has 0 aliphatic carbocycles. The van der Waals surface area contributed by atoms with Crippen LogP contribution in [0.3, 0.4) is 0 Å². The molecular formula is C9H14N2O3S. The zero-order valence-corrected chi connectivity index (χ0v) is 9.25. The van der Waals surface area contributed by atoms with Crippen molar-refractivity contribution in [1.29, 1.82) is 0 Å². The van der Waals surface area contributed by atoms with E-state index in [4.69, 9.17) is 15.6 Å². The molecule has 0 atom stereocenters. The molecule has 0 heterocycles. The number of rotatable bonds is 4. The van der Waals surface area contributed by atoms with Crippen molar-refractivity contribution in [3.63, 3.8) is 0 Å². The van der Waals surface area contributed by atoms with Gasteiger partial charge in [-0.1, -0.05) is 6.07 Å². The van der Waals surface area contributed by atoms with Gasteiger partial charge < -0.3 is 10.5 Å². The predicted molar refractivity (Wildman–Crippen MR) is 57.1 cm³/mol. The average Bonchev–Trinajstić information content (AvgIpc) is 2.16. The van der Waals surface area contributed by atoms with Crippen LogP contribution < -0.4 is 15.6 Å². The minimum atomic E-state index is -3.73. The van der Waals surface area contributed by atoms with Crippen molar-refractivity contribution in [2.24, 2.45) is 10.9 Å². The third kappa shape index (κ3) is 2.92. The summed E-state index contributed by atoms with van der Waals surface area (Å²) in [7, 11) is -2.33. The van der Waals surface area contributed by atoms with Gasteiger partial charge >= 0.3 is 0 Å². The molecule has 0 saturated heterocycles.